The summed E-state index contributed by atoms with van der Waals surface area (Å²) in [5.74, 6) is -1.17. The molecule has 7 nitrogen and oxygen atoms in total. The molecule has 2 N–H and O–H groups in total. The first kappa shape index (κ1) is 17.2. The van der Waals surface area contributed by atoms with Crippen molar-refractivity contribution in [1.82, 2.24) is 10.3 Å². The number of hydrogen-bond acceptors (Lipinski definition) is 5. The summed E-state index contributed by atoms with van der Waals surface area (Å²) in [6, 6.07) is 7.32. The van der Waals surface area contributed by atoms with Crippen molar-refractivity contribution in [2.24, 2.45) is 5.92 Å². The molecule has 25 heavy (non-hydrogen) atoms. The molecule has 0 atom stereocenters. The summed E-state index contributed by atoms with van der Waals surface area (Å²) < 4.78 is 10.8. The Morgan fingerprint density at radius 1 is 1.32 bits per heavy atom. The molecule has 1 aliphatic rings. The summed E-state index contributed by atoms with van der Waals surface area (Å²) in [5.41, 5.74) is 0.479. The predicted octanol–water partition coefficient (Wildman–Crippen LogP) is 1.85. The fourth-order valence-electron chi connectivity index (χ4n) is 3.24. The molecule has 3 rings (SSSR count). The topological polar surface area (TPSA) is 97.8 Å². The lowest BCUT2D eigenvalue weighted by molar-refractivity contribution is -0.161. The molecule has 1 aromatic carbocycles. The average Bonchev–Trinajstić information content (AvgIpc) is 2.59. The van der Waals surface area contributed by atoms with E-state index >= 15 is 0 Å². The van der Waals surface area contributed by atoms with Gasteiger partial charge in [-0.2, -0.15) is 0 Å². The van der Waals surface area contributed by atoms with E-state index in [-0.39, 0.29) is 12.5 Å². The zero-order valence-corrected chi connectivity index (χ0v) is 14.1. The third-order valence-corrected chi connectivity index (χ3v) is 4.78. The van der Waals surface area contributed by atoms with Crippen LogP contribution >= 0.6 is 0 Å². The minimum Gasteiger partial charge on any atom is -0.494 e. The molecule has 1 amide bonds. The van der Waals surface area contributed by atoms with Crippen molar-refractivity contribution < 1.29 is 24.2 Å². The second-order valence-corrected chi connectivity index (χ2v) is 6.23. The Morgan fingerprint density at radius 3 is 2.68 bits per heavy atom. The van der Waals surface area contributed by atoms with Gasteiger partial charge < -0.3 is 19.9 Å². The molecular formula is C18H20N2O5. The second kappa shape index (κ2) is 6.68. The zero-order valence-electron chi connectivity index (χ0n) is 14.1. The average molecular weight is 344 g/mol. The highest BCUT2D eigenvalue weighted by Crippen LogP contribution is 2.40. The molecule has 0 unspecified atom stereocenters. The molecule has 1 fully saturated rings. The van der Waals surface area contributed by atoms with E-state index in [0.29, 0.717) is 35.1 Å². The molecule has 0 spiro atoms. The number of amides is 1. The Bertz CT molecular complexity index is 814. The van der Waals surface area contributed by atoms with Crippen LogP contribution in [0.25, 0.3) is 10.9 Å². The monoisotopic (exact) mass is 344 g/mol. The largest absolute Gasteiger partial charge is 0.494 e. The van der Waals surface area contributed by atoms with Crippen LogP contribution < -0.4 is 10.1 Å². The summed E-state index contributed by atoms with van der Waals surface area (Å²) in [5, 5.41) is 12.6. The van der Waals surface area contributed by atoms with Crippen LogP contribution in [0.5, 0.6) is 5.75 Å². The number of carboxylic acids is 1. The van der Waals surface area contributed by atoms with Crippen molar-refractivity contribution in [2.75, 3.05) is 20.8 Å². The van der Waals surface area contributed by atoms with Crippen LogP contribution in [0.15, 0.2) is 30.5 Å². The first-order valence-electron chi connectivity index (χ1n) is 7.97. The van der Waals surface area contributed by atoms with Gasteiger partial charge in [0.05, 0.1) is 35.9 Å². The van der Waals surface area contributed by atoms with Crippen LogP contribution in [-0.4, -0.2) is 48.3 Å². The van der Waals surface area contributed by atoms with Gasteiger partial charge in [0, 0.05) is 19.0 Å². The number of ether oxygens (including phenoxy) is 2. The molecule has 7 heteroatoms. The van der Waals surface area contributed by atoms with E-state index in [0.717, 1.165) is 0 Å². The summed E-state index contributed by atoms with van der Waals surface area (Å²) in [4.78, 5) is 28.1. The number of fused-ring (bicyclic) bond motifs is 1. The van der Waals surface area contributed by atoms with Crippen molar-refractivity contribution in [3.8, 4) is 5.75 Å². The molecule has 2 aromatic rings. The summed E-state index contributed by atoms with van der Waals surface area (Å²) in [6.45, 7) is 0.242. The standard InChI is InChI=1S/C18H20N2O5/c1-24-14-9-19-13-6-4-3-5-12(13)15(14)16(21)20-10-18(25-2)7-11(8-18)17(22)23/h3-6,9,11H,7-8,10H2,1-2H3,(H,20,21)(H,22,23). The number of aromatic nitrogens is 1. The highest BCUT2D eigenvalue weighted by Gasteiger charge is 2.48. The van der Waals surface area contributed by atoms with Crippen LogP contribution in [-0.2, 0) is 9.53 Å². The first-order valence-corrected chi connectivity index (χ1v) is 7.97. The zero-order chi connectivity index (χ0) is 18.0. The Hall–Kier alpha value is -2.67. The number of pyridine rings is 1. The maximum absolute atomic E-state index is 12.8. The van der Waals surface area contributed by atoms with Gasteiger partial charge >= 0.3 is 5.97 Å². The lowest BCUT2D eigenvalue weighted by Gasteiger charge is -2.44. The third-order valence-electron chi connectivity index (χ3n) is 4.78. The van der Waals surface area contributed by atoms with E-state index in [1.54, 1.807) is 0 Å². The molecular weight excluding hydrogens is 324 g/mol. The van der Waals surface area contributed by atoms with Crippen LogP contribution in [0.2, 0.25) is 0 Å². The number of carboxylic acid groups (broad SMARTS) is 1. The van der Waals surface area contributed by atoms with Crippen molar-refractivity contribution in [3.05, 3.63) is 36.0 Å². The first-order chi connectivity index (χ1) is 12.0. The fourth-order valence-corrected chi connectivity index (χ4v) is 3.24. The number of rotatable bonds is 6. The Morgan fingerprint density at radius 2 is 2.04 bits per heavy atom. The highest BCUT2D eigenvalue weighted by molar-refractivity contribution is 6.08. The lowest BCUT2D eigenvalue weighted by atomic mass is 9.70. The van der Waals surface area contributed by atoms with E-state index in [2.05, 4.69) is 10.3 Å². The van der Waals surface area contributed by atoms with E-state index in [1.165, 1.54) is 20.4 Å². The molecule has 0 radical (unpaired) electrons. The summed E-state index contributed by atoms with van der Waals surface area (Å²) in [7, 11) is 3.02. The molecule has 1 saturated carbocycles. The van der Waals surface area contributed by atoms with Gasteiger partial charge in [0.25, 0.3) is 5.91 Å². The van der Waals surface area contributed by atoms with Crippen LogP contribution in [0.4, 0.5) is 0 Å². The Balaban J connectivity index is 1.80. The quantitative estimate of drug-likeness (QED) is 0.830. The summed E-state index contributed by atoms with van der Waals surface area (Å²) >= 11 is 0. The minimum absolute atomic E-state index is 0.242. The lowest BCUT2D eigenvalue weighted by Crippen LogP contribution is -2.55. The van der Waals surface area contributed by atoms with Gasteiger partial charge in [0.15, 0.2) is 5.75 Å². The number of nitrogens with zero attached hydrogens (tertiary/aromatic N) is 1. The maximum atomic E-state index is 12.8. The van der Waals surface area contributed by atoms with Crippen LogP contribution in [0.1, 0.15) is 23.2 Å². The SMILES string of the molecule is COc1cnc2ccccc2c1C(=O)NCC1(OC)CC(C(=O)O)C1. The number of aliphatic carboxylic acids is 1. The van der Waals surface area contributed by atoms with Gasteiger partial charge in [-0.05, 0) is 18.9 Å². The second-order valence-electron chi connectivity index (χ2n) is 6.23. The molecule has 0 aliphatic heterocycles. The number of benzene rings is 1. The van der Waals surface area contributed by atoms with E-state index < -0.39 is 17.5 Å². The molecule has 132 valence electrons. The minimum atomic E-state index is -0.833. The molecule has 1 heterocycles. The third kappa shape index (κ3) is 3.15. The Kier molecular flexibility index (Phi) is 4.59. The summed E-state index contributed by atoms with van der Waals surface area (Å²) in [6.07, 6.45) is 2.29. The highest BCUT2D eigenvalue weighted by atomic mass is 16.5. The normalized spacial score (nSPS) is 22.2. The van der Waals surface area contributed by atoms with Crippen molar-refractivity contribution in [1.29, 1.82) is 0 Å². The van der Waals surface area contributed by atoms with Gasteiger partial charge in [-0.15, -0.1) is 0 Å². The number of carbonyl (C=O) groups is 2. The van der Waals surface area contributed by atoms with Crippen molar-refractivity contribution in [2.45, 2.75) is 18.4 Å². The smallest absolute Gasteiger partial charge is 0.306 e. The van der Waals surface area contributed by atoms with E-state index in [1.807, 2.05) is 24.3 Å². The van der Waals surface area contributed by atoms with Crippen LogP contribution in [0, 0.1) is 5.92 Å². The molecule has 0 saturated heterocycles. The number of hydrogen-bond donors (Lipinski definition) is 2. The Labute approximate surface area is 145 Å². The predicted molar refractivity (Wildman–Crippen MR) is 90.7 cm³/mol. The van der Waals surface area contributed by atoms with Crippen LogP contribution in [0.3, 0.4) is 0 Å². The van der Waals surface area contributed by atoms with Gasteiger partial charge in [-0.1, -0.05) is 18.2 Å². The van der Waals surface area contributed by atoms with Crippen molar-refractivity contribution >= 4 is 22.8 Å². The van der Waals surface area contributed by atoms with Crippen molar-refractivity contribution in [3.63, 3.8) is 0 Å². The molecule has 1 aliphatic carbocycles. The number of para-hydroxylation sites is 1. The number of carbonyl (C=O) groups excluding carboxylic acids is 1. The fraction of sp³-hybridized carbons (Fsp3) is 0.389. The van der Waals surface area contributed by atoms with E-state index in [9.17, 15) is 9.59 Å². The molecule has 0 bridgehead atoms. The van der Waals surface area contributed by atoms with E-state index in [4.69, 9.17) is 14.6 Å². The number of methoxy groups -OCH3 is 2. The van der Waals surface area contributed by atoms with Gasteiger partial charge in [-0.25, -0.2) is 0 Å². The van der Waals surface area contributed by atoms with Gasteiger partial charge in [0.1, 0.15) is 0 Å². The molecule has 1 aromatic heterocycles. The van der Waals surface area contributed by atoms with Gasteiger partial charge in [-0.3, -0.25) is 14.6 Å². The van der Waals surface area contributed by atoms with Gasteiger partial charge in [0.2, 0.25) is 0 Å². The number of nitrogens with one attached hydrogen (secondary N) is 1. The maximum Gasteiger partial charge on any atom is 0.306 e.